The first-order valence-electron chi connectivity index (χ1n) is 14.0. The van der Waals surface area contributed by atoms with Crippen LogP contribution in [0, 0.1) is 5.82 Å². The first kappa shape index (κ1) is 32.0. The van der Waals surface area contributed by atoms with E-state index in [9.17, 15) is 19.2 Å². The SMILES string of the molecule is COc1cc(-c2cccc(-c3cccc(NC(=O)c4cn(C)c(=O)n(C)c4=O)c3Cl)c2Cl)cc(F)c1CN[C@H]1CCC(=O)NC1. The molecule has 3 N–H and O–H groups in total. The van der Waals surface area contributed by atoms with Gasteiger partial charge in [0.1, 0.15) is 17.1 Å². The molecule has 0 bridgehead atoms. The van der Waals surface area contributed by atoms with Gasteiger partial charge in [-0.3, -0.25) is 19.0 Å². The Morgan fingerprint density at radius 3 is 2.42 bits per heavy atom. The van der Waals surface area contributed by atoms with Gasteiger partial charge in [0.25, 0.3) is 11.5 Å². The van der Waals surface area contributed by atoms with Crippen molar-refractivity contribution in [2.24, 2.45) is 14.1 Å². The molecule has 5 rings (SSSR count). The normalized spacial score (nSPS) is 14.6. The number of hydrogen-bond acceptors (Lipinski definition) is 6. The van der Waals surface area contributed by atoms with Gasteiger partial charge < -0.3 is 25.3 Å². The molecule has 4 aromatic rings. The molecule has 3 aromatic carbocycles. The van der Waals surface area contributed by atoms with Crippen LogP contribution in [0.5, 0.6) is 5.75 Å². The molecule has 1 saturated heterocycles. The number of amides is 2. The monoisotopic (exact) mass is 653 g/mol. The van der Waals surface area contributed by atoms with Crippen LogP contribution in [-0.2, 0) is 25.4 Å². The van der Waals surface area contributed by atoms with Gasteiger partial charge in [-0.2, -0.15) is 0 Å². The van der Waals surface area contributed by atoms with Gasteiger partial charge >= 0.3 is 5.69 Å². The van der Waals surface area contributed by atoms with Crippen molar-refractivity contribution < 1.29 is 18.7 Å². The Morgan fingerprint density at radius 1 is 1.04 bits per heavy atom. The zero-order valence-corrected chi connectivity index (χ0v) is 26.2. The molecule has 234 valence electrons. The molecule has 2 amide bonds. The molecular weight excluding hydrogens is 624 g/mol. The molecule has 1 fully saturated rings. The lowest BCUT2D eigenvalue weighted by atomic mass is 9.97. The van der Waals surface area contributed by atoms with E-state index in [2.05, 4.69) is 16.0 Å². The smallest absolute Gasteiger partial charge is 0.330 e. The van der Waals surface area contributed by atoms with E-state index in [1.54, 1.807) is 42.5 Å². The van der Waals surface area contributed by atoms with Crippen molar-refractivity contribution in [2.45, 2.75) is 25.4 Å². The molecule has 45 heavy (non-hydrogen) atoms. The molecule has 1 aliphatic heterocycles. The van der Waals surface area contributed by atoms with E-state index in [4.69, 9.17) is 27.9 Å². The molecule has 1 aromatic heterocycles. The number of benzene rings is 3. The Balaban J connectivity index is 1.44. The summed E-state index contributed by atoms with van der Waals surface area (Å²) >= 11 is 13.7. The molecule has 0 aliphatic carbocycles. The summed E-state index contributed by atoms with van der Waals surface area (Å²) in [4.78, 5) is 49.1. The average molecular weight is 655 g/mol. The molecule has 1 atom stereocenters. The minimum Gasteiger partial charge on any atom is -0.496 e. The van der Waals surface area contributed by atoms with Gasteiger partial charge in [-0.25, -0.2) is 9.18 Å². The van der Waals surface area contributed by atoms with Crippen LogP contribution < -0.4 is 31.9 Å². The second kappa shape index (κ2) is 13.3. The lowest BCUT2D eigenvalue weighted by Gasteiger charge is -2.24. The van der Waals surface area contributed by atoms with E-state index in [1.165, 1.54) is 33.5 Å². The third kappa shape index (κ3) is 6.51. The second-order valence-electron chi connectivity index (χ2n) is 10.6. The van der Waals surface area contributed by atoms with Crippen molar-refractivity contribution in [3.8, 4) is 28.0 Å². The van der Waals surface area contributed by atoms with Crippen LogP contribution in [-0.4, -0.2) is 40.6 Å². The van der Waals surface area contributed by atoms with Crippen LogP contribution in [0.1, 0.15) is 28.8 Å². The largest absolute Gasteiger partial charge is 0.496 e. The molecular formula is C32H30Cl2FN5O5. The van der Waals surface area contributed by atoms with Gasteiger partial charge in [-0.15, -0.1) is 0 Å². The molecule has 0 radical (unpaired) electrons. The fraction of sp³-hybridized carbons (Fsp3) is 0.250. The molecule has 0 unspecified atom stereocenters. The molecule has 13 heteroatoms. The number of methoxy groups -OCH3 is 1. The number of hydrogen-bond donors (Lipinski definition) is 3. The zero-order valence-electron chi connectivity index (χ0n) is 24.7. The Hall–Kier alpha value is -4.45. The van der Waals surface area contributed by atoms with Gasteiger partial charge in [-0.05, 0) is 30.2 Å². The van der Waals surface area contributed by atoms with Gasteiger partial charge in [0.05, 0.1) is 22.8 Å². The lowest BCUT2D eigenvalue weighted by molar-refractivity contribution is -0.122. The van der Waals surface area contributed by atoms with Gasteiger partial charge in [0, 0.05) is 68.1 Å². The number of aryl methyl sites for hydroxylation is 1. The third-order valence-electron chi connectivity index (χ3n) is 7.75. The van der Waals surface area contributed by atoms with E-state index >= 15 is 4.39 Å². The molecule has 2 heterocycles. The number of carbonyl (C=O) groups excluding carboxylic acids is 2. The maximum atomic E-state index is 15.5. The second-order valence-corrected chi connectivity index (χ2v) is 11.4. The predicted octanol–water partition coefficient (Wildman–Crippen LogP) is 4.49. The highest BCUT2D eigenvalue weighted by atomic mass is 35.5. The Kier molecular flexibility index (Phi) is 9.42. The summed E-state index contributed by atoms with van der Waals surface area (Å²) in [5.74, 6) is -0.876. The van der Waals surface area contributed by atoms with E-state index in [1.807, 2.05) is 0 Å². The average Bonchev–Trinajstić information content (AvgIpc) is 3.03. The number of piperidine rings is 1. The van der Waals surface area contributed by atoms with Crippen LogP contribution in [0.4, 0.5) is 10.1 Å². The number of nitrogens with zero attached hydrogens (tertiary/aromatic N) is 2. The van der Waals surface area contributed by atoms with E-state index in [0.717, 1.165) is 9.13 Å². The van der Waals surface area contributed by atoms with Crippen LogP contribution in [0.25, 0.3) is 22.3 Å². The molecule has 1 aliphatic rings. The van der Waals surface area contributed by atoms with Crippen molar-refractivity contribution in [1.29, 1.82) is 0 Å². The summed E-state index contributed by atoms with van der Waals surface area (Å²) in [6.07, 6.45) is 2.25. The van der Waals surface area contributed by atoms with Gasteiger partial charge in [0.15, 0.2) is 0 Å². The summed E-state index contributed by atoms with van der Waals surface area (Å²) in [6.45, 7) is 0.686. The zero-order chi connectivity index (χ0) is 32.4. The number of ether oxygens (including phenoxy) is 1. The van der Waals surface area contributed by atoms with Crippen molar-refractivity contribution in [3.63, 3.8) is 0 Å². The van der Waals surface area contributed by atoms with Gasteiger partial charge in [0.2, 0.25) is 5.91 Å². The minimum atomic E-state index is -0.745. The molecule has 0 spiro atoms. The molecule has 10 nitrogen and oxygen atoms in total. The quantitative estimate of drug-likeness (QED) is 0.257. The standard InChI is InChI=1S/C32H30Cl2FN5O5/c1-39-16-23(31(43)40(2)32(39)44)30(42)38-25-9-5-8-21(29(25)34)20-7-4-6-19(28(20)33)17-12-24(35)22(26(13-17)45-3)15-36-18-10-11-27(41)37-14-18/h4-9,12-13,16,18,36H,10-11,14-15H2,1-3H3,(H,37,41)(H,38,42)/t18-/m0/s1. The fourth-order valence-corrected chi connectivity index (χ4v) is 5.84. The minimum absolute atomic E-state index is 0.00595. The first-order chi connectivity index (χ1) is 21.5. The Morgan fingerprint density at radius 2 is 1.73 bits per heavy atom. The number of aromatic nitrogens is 2. The summed E-state index contributed by atoms with van der Waals surface area (Å²) in [7, 11) is 4.19. The number of carbonyl (C=O) groups is 2. The summed E-state index contributed by atoms with van der Waals surface area (Å²) in [6, 6.07) is 13.3. The Bertz CT molecular complexity index is 1930. The van der Waals surface area contributed by atoms with Crippen LogP contribution in [0.15, 0.2) is 64.3 Å². The number of nitrogens with one attached hydrogen (secondary N) is 3. The van der Waals surface area contributed by atoms with Crippen molar-refractivity contribution in [2.75, 3.05) is 19.0 Å². The number of rotatable bonds is 8. The summed E-state index contributed by atoms with van der Waals surface area (Å²) in [5, 5.41) is 9.19. The predicted molar refractivity (Wildman–Crippen MR) is 172 cm³/mol. The number of halogens is 3. The maximum absolute atomic E-state index is 15.5. The van der Waals surface area contributed by atoms with Gasteiger partial charge in [-0.1, -0.05) is 53.5 Å². The van der Waals surface area contributed by atoms with E-state index in [-0.39, 0.29) is 34.8 Å². The van der Waals surface area contributed by atoms with Crippen LogP contribution in [0.3, 0.4) is 0 Å². The highest BCUT2D eigenvalue weighted by Crippen LogP contribution is 2.42. The fourth-order valence-electron chi connectivity index (χ4n) is 5.23. The Labute approximate surface area is 267 Å². The topological polar surface area (TPSA) is 123 Å². The highest BCUT2D eigenvalue weighted by molar-refractivity contribution is 6.39. The van der Waals surface area contributed by atoms with Crippen molar-refractivity contribution in [3.05, 3.63) is 103 Å². The van der Waals surface area contributed by atoms with Crippen LogP contribution >= 0.6 is 23.2 Å². The first-order valence-corrected chi connectivity index (χ1v) is 14.8. The van der Waals surface area contributed by atoms with Crippen molar-refractivity contribution in [1.82, 2.24) is 19.8 Å². The lowest BCUT2D eigenvalue weighted by Crippen LogP contribution is -2.45. The maximum Gasteiger partial charge on any atom is 0.330 e. The summed E-state index contributed by atoms with van der Waals surface area (Å²) < 4.78 is 23.0. The van der Waals surface area contributed by atoms with Crippen LogP contribution in [0.2, 0.25) is 10.0 Å². The van der Waals surface area contributed by atoms with E-state index < -0.39 is 23.0 Å². The summed E-state index contributed by atoms with van der Waals surface area (Å²) in [5.41, 5.74) is 1.05. The third-order valence-corrected chi connectivity index (χ3v) is 8.56. The highest BCUT2D eigenvalue weighted by Gasteiger charge is 2.22. The molecule has 0 saturated carbocycles. The number of anilines is 1. The van der Waals surface area contributed by atoms with E-state index in [0.29, 0.717) is 58.0 Å². The van der Waals surface area contributed by atoms with Crippen molar-refractivity contribution >= 4 is 40.7 Å².